The summed E-state index contributed by atoms with van der Waals surface area (Å²) in [7, 11) is 0. The maximum absolute atomic E-state index is 12.7. The topological polar surface area (TPSA) is 66.5 Å². The molecule has 5 nitrogen and oxygen atoms in total. The molecule has 0 spiro atoms. The molecule has 2 fully saturated rings. The van der Waals surface area contributed by atoms with Crippen molar-refractivity contribution in [1.82, 2.24) is 10.2 Å². The Balaban J connectivity index is 1.95. The smallest absolute Gasteiger partial charge is 0.277 e. The summed E-state index contributed by atoms with van der Waals surface area (Å²) in [5, 5.41) is 2.30. The number of halogens is 1. The average Bonchev–Trinajstić information content (AvgIpc) is 2.97. The Hall–Kier alpha value is -1.69. The Morgan fingerprint density at radius 3 is 2.52 bits per heavy atom. The minimum absolute atomic E-state index is 0.0742. The number of carbonyl (C=O) groups excluding carboxylic acids is 3. The molecular formula is C15H15BrN2O3. The first-order valence-electron chi connectivity index (χ1n) is 6.74. The third-order valence-electron chi connectivity index (χ3n) is 4.15. The molecule has 4 amide bonds. The molecule has 1 aromatic carbocycles. The zero-order valence-electron chi connectivity index (χ0n) is 11.7. The molecule has 1 saturated heterocycles. The number of barbiturate groups is 1. The second-order valence-electron chi connectivity index (χ2n) is 6.20. The highest BCUT2D eigenvalue weighted by molar-refractivity contribution is 9.10. The van der Waals surface area contributed by atoms with Crippen LogP contribution in [0.2, 0.25) is 0 Å². The summed E-state index contributed by atoms with van der Waals surface area (Å²) in [6.45, 7) is 4.01. The normalized spacial score (nSPS) is 27.6. The molecular weight excluding hydrogens is 336 g/mol. The van der Waals surface area contributed by atoms with Gasteiger partial charge in [0, 0.05) is 10.5 Å². The molecule has 1 aromatic rings. The van der Waals surface area contributed by atoms with Gasteiger partial charge in [-0.15, -0.1) is 0 Å². The highest BCUT2D eigenvalue weighted by atomic mass is 79.9. The van der Waals surface area contributed by atoms with Gasteiger partial charge in [-0.25, -0.2) is 4.79 Å². The number of amides is 4. The van der Waals surface area contributed by atoms with Gasteiger partial charge in [0.15, 0.2) is 0 Å². The zero-order valence-corrected chi connectivity index (χ0v) is 13.3. The van der Waals surface area contributed by atoms with Crippen LogP contribution in [0.5, 0.6) is 0 Å². The van der Waals surface area contributed by atoms with Gasteiger partial charge in [-0.2, -0.15) is 0 Å². The van der Waals surface area contributed by atoms with Gasteiger partial charge in [0.1, 0.15) is 5.92 Å². The Morgan fingerprint density at radius 2 is 1.95 bits per heavy atom. The van der Waals surface area contributed by atoms with Crippen molar-refractivity contribution in [2.45, 2.75) is 32.2 Å². The first-order chi connectivity index (χ1) is 9.81. The average molecular weight is 351 g/mol. The maximum atomic E-state index is 12.7. The first kappa shape index (κ1) is 14.3. The van der Waals surface area contributed by atoms with Crippen LogP contribution in [0.25, 0.3) is 0 Å². The molecule has 3 rings (SSSR count). The van der Waals surface area contributed by atoms with Crippen LogP contribution in [0.15, 0.2) is 28.7 Å². The highest BCUT2D eigenvalue weighted by Crippen LogP contribution is 2.49. The number of hydrogen-bond acceptors (Lipinski definition) is 3. The van der Waals surface area contributed by atoms with Gasteiger partial charge in [0.25, 0.3) is 0 Å². The molecule has 1 N–H and O–H groups in total. The molecule has 6 heteroatoms. The lowest BCUT2D eigenvalue weighted by Crippen LogP contribution is -2.58. The summed E-state index contributed by atoms with van der Waals surface area (Å²) in [6.07, 6.45) is 0.769. The Kier molecular flexibility index (Phi) is 3.16. The van der Waals surface area contributed by atoms with E-state index >= 15 is 0 Å². The molecule has 1 aliphatic carbocycles. The molecule has 110 valence electrons. The molecule has 2 aliphatic rings. The highest BCUT2D eigenvalue weighted by Gasteiger charge is 2.56. The van der Waals surface area contributed by atoms with Crippen molar-refractivity contribution in [2.75, 3.05) is 0 Å². The Labute approximate surface area is 130 Å². The number of benzene rings is 1. The van der Waals surface area contributed by atoms with Crippen molar-refractivity contribution in [2.24, 2.45) is 5.41 Å². The van der Waals surface area contributed by atoms with Crippen LogP contribution in [-0.4, -0.2) is 28.8 Å². The third kappa shape index (κ3) is 2.37. The van der Waals surface area contributed by atoms with Crippen molar-refractivity contribution >= 4 is 33.8 Å². The monoisotopic (exact) mass is 350 g/mol. The molecule has 2 unspecified atom stereocenters. The van der Waals surface area contributed by atoms with Gasteiger partial charge < -0.3 is 0 Å². The molecule has 2 atom stereocenters. The molecule has 1 aliphatic heterocycles. The Bertz CT molecular complexity index is 656. The van der Waals surface area contributed by atoms with Crippen molar-refractivity contribution in [3.8, 4) is 0 Å². The van der Waals surface area contributed by atoms with E-state index in [0.29, 0.717) is 5.56 Å². The molecule has 0 aromatic heterocycles. The number of nitrogens with zero attached hydrogens (tertiary/aromatic N) is 1. The number of urea groups is 1. The van der Waals surface area contributed by atoms with Gasteiger partial charge in [0.05, 0.1) is 0 Å². The van der Waals surface area contributed by atoms with Crippen molar-refractivity contribution in [3.63, 3.8) is 0 Å². The molecule has 0 bridgehead atoms. The number of carbonyl (C=O) groups is 3. The SMILES string of the molecule is CC1(C)CC1N1C(=O)NC(=O)C(c2cccc(Br)c2)C1=O. The van der Waals surface area contributed by atoms with Crippen LogP contribution in [0.1, 0.15) is 31.7 Å². The molecule has 1 heterocycles. The van der Waals surface area contributed by atoms with E-state index in [9.17, 15) is 14.4 Å². The maximum Gasteiger partial charge on any atom is 0.331 e. The summed E-state index contributed by atoms with van der Waals surface area (Å²) >= 11 is 3.33. The van der Waals surface area contributed by atoms with Crippen molar-refractivity contribution in [1.29, 1.82) is 0 Å². The van der Waals surface area contributed by atoms with E-state index in [1.54, 1.807) is 18.2 Å². The predicted octanol–water partition coefficient (Wildman–Crippen LogP) is 2.41. The second kappa shape index (κ2) is 4.66. The summed E-state index contributed by atoms with van der Waals surface area (Å²) in [4.78, 5) is 37.9. The molecule has 0 radical (unpaired) electrons. The van der Waals surface area contributed by atoms with Crippen LogP contribution < -0.4 is 5.32 Å². The van der Waals surface area contributed by atoms with Gasteiger partial charge in [0.2, 0.25) is 11.8 Å². The first-order valence-corrected chi connectivity index (χ1v) is 7.54. The summed E-state index contributed by atoms with van der Waals surface area (Å²) in [5.41, 5.74) is 0.512. The number of imide groups is 2. The van der Waals surface area contributed by atoms with Gasteiger partial charge in [-0.1, -0.05) is 41.9 Å². The van der Waals surface area contributed by atoms with Gasteiger partial charge in [-0.3, -0.25) is 19.8 Å². The largest absolute Gasteiger partial charge is 0.331 e. The second-order valence-corrected chi connectivity index (χ2v) is 7.11. The van der Waals surface area contributed by atoms with E-state index in [1.807, 2.05) is 19.9 Å². The van der Waals surface area contributed by atoms with E-state index in [-0.39, 0.29) is 11.5 Å². The van der Waals surface area contributed by atoms with Crippen LogP contribution >= 0.6 is 15.9 Å². The number of rotatable bonds is 2. The van der Waals surface area contributed by atoms with E-state index in [1.165, 1.54) is 4.90 Å². The fourth-order valence-corrected chi connectivity index (χ4v) is 3.16. The summed E-state index contributed by atoms with van der Waals surface area (Å²) in [6, 6.07) is 6.30. The Morgan fingerprint density at radius 1 is 1.29 bits per heavy atom. The molecule has 1 saturated carbocycles. The van der Waals surface area contributed by atoms with Crippen molar-refractivity contribution < 1.29 is 14.4 Å². The van der Waals surface area contributed by atoms with E-state index in [0.717, 1.165) is 10.9 Å². The zero-order chi connectivity index (χ0) is 15.4. The lowest BCUT2D eigenvalue weighted by molar-refractivity contribution is -0.139. The van der Waals surface area contributed by atoms with E-state index in [4.69, 9.17) is 0 Å². The van der Waals surface area contributed by atoms with Crippen LogP contribution in [0, 0.1) is 5.41 Å². The molecule has 21 heavy (non-hydrogen) atoms. The van der Waals surface area contributed by atoms with Crippen LogP contribution in [0.4, 0.5) is 4.79 Å². The van der Waals surface area contributed by atoms with Crippen LogP contribution in [-0.2, 0) is 9.59 Å². The summed E-state index contributed by atoms with van der Waals surface area (Å²) in [5.74, 6) is -1.95. The fraction of sp³-hybridized carbons (Fsp3) is 0.400. The van der Waals surface area contributed by atoms with E-state index < -0.39 is 23.8 Å². The summed E-state index contributed by atoms with van der Waals surface area (Å²) < 4.78 is 0.788. The quantitative estimate of drug-likeness (QED) is 0.833. The lowest BCUT2D eigenvalue weighted by Gasteiger charge is -2.31. The van der Waals surface area contributed by atoms with Crippen LogP contribution in [0.3, 0.4) is 0 Å². The number of nitrogens with one attached hydrogen (secondary N) is 1. The number of hydrogen-bond donors (Lipinski definition) is 1. The van der Waals surface area contributed by atoms with E-state index in [2.05, 4.69) is 21.2 Å². The standard InChI is InChI=1S/C15H15BrN2O3/c1-15(2)7-10(15)18-13(20)11(12(19)17-14(18)21)8-4-3-5-9(16)6-8/h3-6,10-11H,7H2,1-2H3,(H,17,19,21). The minimum atomic E-state index is -0.961. The third-order valence-corrected chi connectivity index (χ3v) is 4.64. The van der Waals surface area contributed by atoms with Gasteiger partial charge in [-0.05, 0) is 29.5 Å². The van der Waals surface area contributed by atoms with Gasteiger partial charge >= 0.3 is 6.03 Å². The lowest BCUT2D eigenvalue weighted by atomic mass is 9.95. The minimum Gasteiger partial charge on any atom is -0.277 e. The predicted molar refractivity (Wildman–Crippen MR) is 79.5 cm³/mol. The fourth-order valence-electron chi connectivity index (χ4n) is 2.74. The van der Waals surface area contributed by atoms with Crippen molar-refractivity contribution in [3.05, 3.63) is 34.3 Å².